The van der Waals surface area contributed by atoms with E-state index in [2.05, 4.69) is 32.9 Å². The normalized spacial score (nSPS) is 18.8. The van der Waals surface area contributed by atoms with Gasteiger partial charge < -0.3 is 9.95 Å². The molecule has 0 saturated carbocycles. The zero-order valence-corrected chi connectivity index (χ0v) is 11.7. The molecule has 0 amide bonds. The molecule has 0 fully saturated rings. The molecule has 9 heteroatoms. The largest absolute Gasteiger partial charge is 0.346 e. The van der Waals surface area contributed by atoms with E-state index >= 15 is 0 Å². The van der Waals surface area contributed by atoms with Crippen LogP contribution in [0.4, 0.5) is 5.95 Å². The number of nitrogens with zero attached hydrogens (tertiary/aromatic N) is 3. The highest BCUT2D eigenvalue weighted by molar-refractivity contribution is 7.71. The highest BCUT2D eigenvalue weighted by Gasteiger charge is 2.12. The van der Waals surface area contributed by atoms with Gasteiger partial charge in [-0.2, -0.15) is 10.1 Å². The number of anilines is 1. The summed E-state index contributed by atoms with van der Waals surface area (Å²) in [6, 6.07) is 0.421. The summed E-state index contributed by atoms with van der Waals surface area (Å²) >= 11 is 4.76. The molecule has 2 heterocycles. The van der Waals surface area contributed by atoms with Crippen molar-refractivity contribution in [1.82, 2.24) is 21.0 Å². The Kier molecular flexibility index (Phi) is 4.88. The van der Waals surface area contributed by atoms with Crippen LogP contribution < -0.4 is 21.7 Å². The Hall–Kier alpha value is -1.45. The Labute approximate surface area is 116 Å². The van der Waals surface area contributed by atoms with E-state index < -0.39 is 0 Å². The summed E-state index contributed by atoms with van der Waals surface area (Å²) in [5.41, 5.74) is 6.34. The molecule has 1 atom stereocenters. The predicted molar refractivity (Wildman–Crippen MR) is 75.1 cm³/mol. The van der Waals surface area contributed by atoms with Crippen LogP contribution in [-0.2, 0) is 0 Å². The lowest BCUT2D eigenvalue weighted by Gasteiger charge is -2.23. The van der Waals surface area contributed by atoms with Crippen LogP contribution in [0, 0.1) is 4.84 Å². The number of rotatable bonds is 6. The molecule has 1 aliphatic rings. The van der Waals surface area contributed by atoms with Crippen molar-refractivity contribution in [3.63, 3.8) is 0 Å². The third-order valence-corrected chi connectivity index (χ3v) is 3.10. The van der Waals surface area contributed by atoms with Gasteiger partial charge in [0.2, 0.25) is 0 Å². The molecule has 1 aromatic heterocycles. The van der Waals surface area contributed by atoms with Crippen LogP contribution in [0.15, 0.2) is 9.52 Å². The van der Waals surface area contributed by atoms with Crippen molar-refractivity contribution in [2.24, 2.45) is 10.8 Å². The molecule has 0 bridgehead atoms. The summed E-state index contributed by atoms with van der Waals surface area (Å²) < 4.78 is 4.82. The van der Waals surface area contributed by atoms with Gasteiger partial charge in [0.05, 0.1) is 6.54 Å². The van der Waals surface area contributed by atoms with E-state index in [0.717, 1.165) is 31.6 Å². The summed E-state index contributed by atoms with van der Waals surface area (Å²) in [7, 11) is 0. The van der Waals surface area contributed by atoms with Gasteiger partial charge in [0, 0.05) is 19.0 Å². The van der Waals surface area contributed by atoms with Crippen LogP contribution in [0.3, 0.4) is 0 Å². The van der Waals surface area contributed by atoms with Gasteiger partial charge in [-0.3, -0.25) is 10.0 Å². The average molecular weight is 285 g/mol. The topological polar surface area (TPSA) is 108 Å². The second-order valence-corrected chi connectivity index (χ2v) is 4.71. The van der Waals surface area contributed by atoms with Crippen LogP contribution in [-0.4, -0.2) is 35.1 Å². The Balaban J connectivity index is 1.72. The van der Waals surface area contributed by atoms with Gasteiger partial charge in [-0.25, -0.2) is 11.3 Å². The molecule has 1 aromatic rings. The molecule has 0 spiro atoms. The molecule has 0 saturated heterocycles. The molecular weight excluding hydrogens is 266 g/mol. The van der Waals surface area contributed by atoms with Gasteiger partial charge in [-0.1, -0.05) is 6.92 Å². The zero-order valence-electron chi connectivity index (χ0n) is 10.8. The molecular formula is C10H19N7OS. The first-order valence-corrected chi connectivity index (χ1v) is 6.72. The van der Waals surface area contributed by atoms with Crippen molar-refractivity contribution in [2.75, 3.05) is 18.1 Å². The number of aromatic amines is 1. The molecule has 19 heavy (non-hydrogen) atoms. The quantitative estimate of drug-likeness (QED) is 0.342. The van der Waals surface area contributed by atoms with Crippen LogP contribution in [0.2, 0.25) is 0 Å². The number of aliphatic imine (C=N–C) groups is 1. The van der Waals surface area contributed by atoms with Crippen molar-refractivity contribution in [1.29, 1.82) is 0 Å². The van der Waals surface area contributed by atoms with Gasteiger partial charge in [0.25, 0.3) is 5.95 Å². The van der Waals surface area contributed by atoms with Crippen LogP contribution >= 0.6 is 12.2 Å². The lowest BCUT2D eigenvalue weighted by Crippen LogP contribution is -2.49. The summed E-state index contributed by atoms with van der Waals surface area (Å²) in [6.45, 7) is 3.59. The number of nitrogens with two attached hydrogens (primary N) is 1. The zero-order chi connectivity index (χ0) is 13.7. The van der Waals surface area contributed by atoms with Crippen molar-refractivity contribution >= 4 is 24.0 Å². The van der Waals surface area contributed by atoms with Gasteiger partial charge >= 0.3 is 4.84 Å². The maximum Gasteiger partial charge on any atom is 0.315 e. The van der Waals surface area contributed by atoms with Crippen molar-refractivity contribution < 1.29 is 4.52 Å². The Morgan fingerprint density at radius 2 is 2.42 bits per heavy atom. The van der Waals surface area contributed by atoms with E-state index in [1.54, 1.807) is 0 Å². The standard InChI is InChI=1S/C10H19N7OS/c1-2-7-6-12-8(15-14-7)4-3-5-17(11)9-13-10(19)18-16-9/h7,14H,2-6,11H2,1H3,(H,12,15)(H,13,16,19). The second kappa shape index (κ2) is 6.64. The summed E-state index contributed by atoms with van der Waals surface area (Å²) in [4.78, 5) is 8.56. The summed E-state index contributed by atoms with van der Waals surface area (Å²) in [5.74, 6) is 7.23. The molecule has 5 N–H and O–H groups in total. The first-order valence-electron chi connectivity index (χ1n) is 6.31. The molecule has 1 aliphatic heterocycles. The molecule has 0 aliphatic carbocycles. The van der Waals surface area contributed by atoms with Gasteiger partial charge in [-0.05, 0) is 25.1 Å². The number of hydrogen-bond donors (Lipinski definition) is 4. The lowest BCUT2D eigenvalue weighted by atomic mass is 10.2. The third-order valence-electron chi connectivity index (χ3n) is 2.93. The minimum Gasteiger partial charge on any atom is -0.346 e. The number of amidine groups is 1. The number of aromatic nitrogens is 2. The summed E-state index contributed by atoms with van der Waals surface area (Å²) in [6.07, 6.45) is 2.75. The second-order valence-electron chi connectivity index (χ2n) is 4.36. The van der Waals surface area contributed by atoms with Crippen LogP contribution in [0.25, 0.3) is 0 Å². The average Bonchev–Trinajstić information content (AvgIpc) is 2.86. The number of hydrazine groups is 2. The number of hydrogen-bond acceptors (Lipinski definition) is 8. The van der Waals surface area contributed by atoms with E-state index in [9.17, 15) is 0 Å². The molecule has 0 radical (unpaired) electrons. The van der Waals surface area contributed by atoms with Gasteiger partial charge in [0.15, 0.2) is 0 Å². The Morgan fingerprint density at radius 3 is 3.00 bits per heavy atom. The molecule has 8 nitrogen and oxygen atoms in total. The van der Waals surface area contributed by atoms with Crippen molar-refractivity contribution in [2.45, 2.75) is 32.2 Å². The van der Waals surface area contributed by atoms with E-state index in [4.69, 9.17) is 22.6 Å². The fourth-order valence-electron chi connectivity index (χ4n) is 1.73. The van der Waals surface area contributed by atoms with Crippen molar-refractivity contribution in [3.05, 3.63) is 4.84 Å². The fourth-order valence-corrected chi connectivity index (χ4v) is 1.86. The summed E-state index contributed by atoms with van der Waals surface area (Å²) in [5, 5.41) is 4.04. The monoisotopic (exact) mass is 285 g/mol. The van der Waals surface area contributed by atoms with E-state index in [0.29, 0.717) is 18.5 Å². The SMILES string of the molecule is CCC1CN=C(CCCN(N)c2nc(=S)o[nH]2)NN1. The molecule has 106 valence electrons. The fraction of sp³-hybridized carbons (Fsp3) is 0.700. The molecule has 1 unspecified atom stereocenters. The highest BCUT2D eigenvalue weighted by atomic mass is 32.1. The first-order chi connectivity index (χ1) is 9.19. The Bertz CT molecular complexity index is 482. The lowest BCUT2D eigenvalue weighted by molar-refractivity contribution is 0.403. The minimum atomic E-state index is 0.151. The van der Waals surface area contributed by atoms with Crippen LogP contribution in [0.1, 0.15) is 26.2 Å². The first kappa shape index (κ1) is 14.0. The maximum absolute atomic E-state index is 5.82. The van der Waals surface area contributed by atoms with Gasteiger partial charge in [0.1, 0.15) is 5.84 Å². The van der Waals surface area contributed by atoms with Crippen molar-refractivity contribution in [3.8, 4) is 0 Å². The van der Waals surface area contributed by atoms with Gasteiger partial charge in [-0.15, -0.1) is 0 Å². The number of nitrogens with one attached hydrogen (secondary N) is 3. The number of H-pyrrole nitrogens is 1. The highest BCUT2D eigenvalue weighted by Crippen LogP contribution is 2.05. The minimum absolute atomic E-state index is 0.151. The third kappa shape index (κ3) is 4.01. The molecule has 2 rings (SSSR count). The predicted octanol–water partition coefficient (Wildman–Crippen LogP) is 0.477. The van der Waals surface area contributed by atoms with E-state index in [1.165, 1.54) is 5.01 Å². The van der Waals surface area contributed by atoms with E-state index in [-0.39, 0.29) is 4.84 Å². The maximum atomic E-state index is 5.82. The Morgan fingerprint density at radius 1 is 1.58 bits per heavy atom. The smallest absolute Gasteiger partial charge is 0.315 e. The van der Waals surface area contributed by atoms with Crippen LogP contribution in [0.5, 0.6) is 0 Å². The van der Waals surface area contributed by atoms with E-state index in [1.807, 2.05) is 0 Å². The molecule has 0 aromatic carbocycles.